The van der Waals surface area contributed by atoms with E-state index in [1.54, 1.807) is 30.3 Å². The second-order valence-corrected chi connectivity index (χ2v) is 2.74. The van der Waals surface area contributed by atoms with Gasteiger partial charge in [0, 0.05) is 0 Å². The Bertz CT molecular complexity index is 373. The van der Waals surface area contributed by atoms with Gasteiger partial charge in [-0.2, -0.15) is 5.26 Å². The van der Waals surface area contributed by atoms with Gasteiger partial charge < -0.3 is 0 Å². The van der Waals surface area contributed by atoms with Gasteiger partial charge in [-0.05, 0) is 35.4 Å². The van der Waals surface area contributed by atoms with Crippen molar-refractivity contribution in [1.82, 2.24) is 0 Å². The Balaban J connectivity index is 2.82. The first-order valence-corrected chi connectivity index (χ1v) is 3.98. The van der Waals surface area contributed by atoms with Crippen molar-refractivity contribution in [2.75, 3.05) is 0 Å². The molecule has 1 aromatic carbocycles. The van der Waals surface area contributed by atoms with E-state index in [9.17, 15) is 4.79 Å². The number of hydrogen-bond acceptors (Lipinski definition) is 2. The molecule has 0 aliphatic heterocycles. The topological polar surface area (TPSA) is 40.9 Å². The zero-order chi connectivity index (χ0) is 9.68. The molecule has 0 fully saturated rings. The van der Waals surface area contributed by atoms with Gasteiger partial charge >= 0.3 is 0 Å². The summed E-state index contributed by atoms with van der Waals surface area (Å²) in [7, 11) is 0. The maximum Gasteiger partial charge on any atom is 0.245 e. The van der Waals surface area contributed by atoms with E-state index in [0.717, 1.165) is 5.56 Å². The number of carbonyl (C=O) groups is 1. The van der Waals surface area contributed by atoms with E-state index in [1.807, 2.05) is 6.07 Å². The molecule has 0 amide bonds. The fraction of sp³-hybridized carbons (Fsp3) is 0. The zero-order valence-electron chi connectivity index (χ0n) is 6.70. The Morgan fingerprint density at radius 3 is 2.46 bits per heavy atom. The van der Waals surface area contributed by atoms with E-state index in [2.05, 4.69) is 0 Å². The Morgan fingerprint density at radius 2 is 2.00 bits per heavy atom. The maximum absolute atomic E-state index is 10.4. The number of nitrogens with zero attached hydrogens (tertiary/aromatic N) is 1. The van der Waals surface area contributed by atoms with Gasteiger partial charge in [-0.1, -0.05) is 18.2 Å². The number of rotatable bonds is 2. The molecule has 1 rings (SSSR count). The first kappa shape index (κ1) is 9.50. The maximum atomic E-state index is 10.4. The molecule has 0 aliphatic rings. The predicted octanol–water partition coefficient (Wildman–Crippen LogP) is 2.34. The highest BCUT2D eigenvalue weighted by Crippen LogP contribution is 2.05. The molecule has 0 radical (unpaired) electrons. The van der Waals surface area contributed by atoms with Crippen LogP contribution < -0.4 is 0 Å². The van der Waals surface area contributed by atoms with Crippen LogP contribution in [0.1, 0.15) is 11.1 Å². The fourth-order valence-corrected chi connectivity index (χ4v) is 0.894. The quantitative estimate of drug-likeness (QED) is 0.532. The summed E-state index contributed by atoms with van der Waals surface area (Å²) in [6.07, 6.45) is 2.86. The van der Waals surface area contributed by atoms with Gasteiger partial charge in [-0.25, -0.2) is 0 Å². The number of benzene rings is 1. The van der Waals surface area contributed by atoms with Gasteiger partial charge in [-0.15, -0.1) is 0 Å². The Labute approximate surface area is 81.1 Å². The summed E-state index contributed by atoms with van der Waals surface area (Å²) in [5.74, 6) is 0. The van der Waals surface area contributed by atoms with E-state index < -0.39 is 5.24 Å². The van der Waals surface area contributed by atoms with Crippen molar-refractivity contribution in [1.29, 1.82) is 5.26 Å². The molecule has 13 heavy (non-hydrogen) atoms. The minimum Gasteiger partial charge on any atom is -0.276 e. The summed E-state index contributed by atoms with van der Waals surface area (Å²) in [6, 6.07) is 8.85. The van der Waals surface area contributed by atoms with Crippen LogP contribution >= 0.6 is 11.6 Å². The third-order valence-electron chi connectivity index (χ3n) is 1.45. The summed E-state index contributed by atoms with van der Waals surface area (Å²) in [4.78, 5) is 10.4. The van der Waals surface area contributed by atoms with Crippen LogP contribution in [0.25, 0.3) is 6.08 Å². The van der Waals surface area contributed by atoms with Crippen molar-refractivity contribution < 1.29 is 4.79 Å². The third-order valence-corrected chi connectivity index (χ3v) is 1.57. The summed E-state index contributed by atoms with van der Waals surface area (Å²) < 4.78 is 0. The summed E-state index contributed by atoms with van der Waals surface area (Å²) in [6.45, 7) is 0. The molecule has 0 aliphatic carbocycles. The minimum atomic E-state index is -0.510. The van der Waals surface area contributed by atoms with E-state index in [1.165, 1.54) is 6.08 Å². The summed E-state index contributed by atoms with van der Waals surface area (Å²) in [5.41, 5.74) is 1.43. The normalized spacial score (nSPS) is 9.85. The van der Waals surface area contributed by atoms with E-state index in [0.29, 0.717) is 5.56 Å². The predicted molar refractivity (Wildman–Crippen MR) is 51.1 cm³/mol. The lowest BCUT2D eigenvalue weighted by Gasteiger charge is -1.91. The summed E-state index contributed by atoms with van der Waals surface area (Å²) in [5, 5.41) is 7.99. The van der Waals surface area contributed by atoms with Crippen LogP contribution in [0.4, 0.5) is 0 Å². The molecule has 0 atom stereocenters. The standard InChI is InChI=1S/C10H6ClNO/c11-10(13)6-5-8-1-3-9(7-12)4-2-8/h1-6H/b6-5+. The first-order chi connectivity index (χ1) is 6.22. The van der Waals surface area contributed by atoms with Gasteiger partial charge in [0.2, 0.25) is 5.24 Å². The molecule has 64 valence electrons. The Kier molecular flexibility index (Phi) is 3.24. The monoisotopic (exact) mass is 191 g/mol. The van der Waals surface area contributed by atoms with Crippen LogP contribution in [0.15, 0.2) is 30.3 Å². The van der Waals surface area contributed by atoms with Gasteiger partial charge in [0.25, 0.3) is 0 Å². The van der Waals surface area contributed by atoms with Crippen LogP contribution in [-0.4, -0.2) is 5.24 Å². The Morgan fingerprint density at radius 1 is 1.38 bits per heavy atom. The molecule has 0 saturated heterocycles. The lowest BCUT2D eigenvalue weighted by Crippen LogP contribution is -1.77. The highest BCUT2D eigenvalue weighted by atomic mass is 35.5. The van der Waals surface area contributed by atoms with Gasteiger partial charge in [-0.3, -0.25) is 4.79 Å². The smallest absolute Gasteiger partial charge is 0.245 e. The molecule has 0 bridgehead atoms. The summed E-state index contributed by atoms with van der Waals surface area (Å²) >= 11 is 5.11. The molecule has 3 heteroatoms. The van der Waals surface area contributed by atoms with Crippen molar-refractivity contribution in [3.63, 3.8) is 0 Å². The van der Waals surface area contributed by atoms with Crippen LogP contribution in [0.3, 0.4) is 0 Å². The van der Waals surface area contributed by atoms with Crippen molar-refractivity contribution in [2.45, 2.75) is 0 Å². The van der Waals surface area contributed by atoms with Crippen molar-refractivity contribution in [3.8, 4) is 6.07 Å². The minimum absolute atomic E-state index is 0.510. The van der Waals surface area contributed by atoms with Crippen LogP contribution in [0.5, 0.6) is 0 Å². The lowest BCUT2D eigenvalue weighted by molar-refractivity contribution is -0.107. The van der Waals surface area contributed by atoms with Gasteiger partial charge in [0.05, 0.1) is 11.6 Å². The molecule has 0 saturated carbocycles. The molecule has 0 unspecified atom stereocenters. The van der Waals surface area contributed by atoms with E-state index >= 15 is 0 Å². The van der Waals surface area contributed by atoms with Gasteiger partial charge in [0.15, 0.2) is 0 Å². The average Bonchev–Trinajstić information content (AvgIpc) is 2.15. The molecule has 1 aromatic rings. The molecular formula is C10H6ClNO. The molecule has 0 heterocycles. The molecule has 0 spiro atoms. The number of allylic oxidation sites excluding steroid dienone is 1. The van der Waals surface area contributed by atoms with Crippen molar-refractivity contribution in [2.24, 2.45) is 0 Å². The largest absolute Gasteiger partial charge is 0.276 e. The molecule has 0 aromatic heterocycles. The highest BCUT2D eigenvalue weighted by Gasteiger charge is 1.90. The zero-order valence-corrected chi connectivity index (χ0v) is 7.45. The Hall–Kier alpha value is -1.59. The molecular weight excluding hydrogens is 186 g/mol. The van der Waals surface area contributed by atoms with E-state index in [-0.39, 0.29) is 0 Å². The number of halogens is 1. The second kappa shape index (κ2) is 4.44. The van der Waals surface area contributed by atoms with E-state index in [4.69, 9.17) is 16.9 Å². The van der Waals surface area contributed by atoms with Crippen molar-refractivity contribution in [3.05, 3.63) is 41.5 Å². The first-order valence-electron chi connectivity index (χ1n) is 3.60. The van der Waals surface area contributed by atoms with Gasteiger partial charge in [0.1, 0.15) is 0 Å². The molecule has 0 N–H and O–H groups in total. The third kappa shape index (κ3) is 3.10. The van der Waals surface area contributed by atoms with Crippen LogP contribution in [0.2, 0.25) is 0 Å². The fourth-order valence-electron chi connectivity index (χ4n) is 0.831. The number of hydrogen-bond donors (Lipinski definition) is 0. The van der Waals surface area contributed by atoms with Crippen LogP contribution in [0, 0.1) is 11.3 Å². The molecule has 2 nitrogen and oxygen atoms in total. The van der Waals surface area contributed by atoms with Crippen LogP contribution in [-0.2, 0) is 4.79 Å². The number of carbonyl (C=O) groups excluding carboxylic acids is 1. The average molecular weight is 192 g/mol. The SMILES string of the molecule is N#Cc1ccc(/C=C/C(=O)Cl)cc1. The van der Waals surface area contributed by atoms with Crippen molar-refractivity contribution >= 4 is 22.9 Å². The lowest BCUT2D eigenvalue weighted by atomic mass is 10.1. The number of nitriles is 1. The second-order valence-electron chi connectivity index (χ2n) is 2.37. The highest BCUT2D eigenvalue weighted by molar-refractivity contribution is 6.66.